The van der Waals surface area contributed by atoms with E-state index < -0.39 is 0 Å². The third-order valence-electron chi connectivity index (χ3n) is 2.40. The van der Waals surface area contributed by atoms with E-state index in [9.17, 15) is 0 Å². The maximum atomic E-state index is 5.93. The number of hydrogen-bond acceptors (Lipinski definition) is 6. The highest BCUT2D eigenvalue weighted by atomic mass is 35.5. The molecule has 0 bridgehead atoms. The Morgan fingerprint density at radius 3 is 2.84 bits per heavy atom. The third-order valence-corrected chi connectivity index (χ3v) is 2.62. The van der Waals surface area contributed by atoms with Crippen molar-refractivity contribution in [3.63, 3.8) is 0 Å². The van der Waals surface area contributed by atoms with Crippen molar-refractivity contribution >= 4 is 17.3 Å². The predicted molar refractivity (Wildman–Crippen MR) is 70.2 cm³/mol. The van der Waals surface area contributed by atoms with Crippen molar-refractivity contribution in [2.24, 2.45) is 0 Å². The average molecular weight is 274 g/mol. The van der Waals surface area contributed by atoms with Gasteiger partial charge in [0.15, 0.2) is 0 Å². The fourth-order valence-corrected chi connectivity index (χ4v) is 1.85. The number of anilines is 1. The van der Waals surface area contributed by atoms with Gasteiger partial charge < -0.3 is 10.3 Å². The van der Waals surface area contributed by atoms with Gasteiger partial charge in [0, 0.05) is 22.5 Å². The highest BCUT2D eigenvalue weighted by Gasteiger charge is 2.12. The van der Waals surface area contributed by atoms with Crippen LogP contribution in [0.4, 0.5) is 5.69 Å². The first-order valence-corrected chi connectivity index (χ1v) is 5.77. The Bertz CT molecular complexity index is 693. The molecule has 0 aliphatic carbocycles. The highest BCUT2D eigenvalue weighted by molar-refractivity contribution is 6.31. The Hall–Kier alpha value is -2.47. The zero-order valence-electron chi connectivity index (χ0n) is 9.62. The lowest BCUT2D eigenvalue weighted by Gasteiger charge is -1.98. The lowest BCUT2D eigenvalue weighted by Crippen LogP contribution is -1.87. The molecule has 0 radical (unpaired) electrons. The van der Waals surface area contributed by atoms with E-state index in [1.807, 2.05) is 0 Å². The van der Waals surface area contributed by atoms with Gasteiger partial charge in [0.05, 0.1) is 0 Å². The molecule has 3 rings (SSSR count). The fourth-order valence-electron chi connectivity index (χ4n) is 1.60. The minimum absolute atomic E-state index is 0.336. The molecule has 0 amide bonds. The first-order chi connectivity index (χ1) is 9.22. The number of rotatable bonds is 2. The standard InChI is InChI=1S/C12H8ClN5O/c13-8-3-7(4-9(14)5-8)12-17-11(18-19-12)10-1-2-15-6-16-10/h1-6H,14H2. The molecule has 7 heteroatoms. The van der Waals surface area contributed by atoms with Crippen molar-refractivity contribution in [3.8, 4) is 23.0 Å². The Kier molecular flexibility index (Phi) is 2.85. The zero-order chi connectivity index (χ0) is 13.2. The molecule has 0 saturated carbocycles. The second-order valence-corrected chi connectivity index (χ2v) is 4.23. The van der Waals surface area contributed by atoms with Crippen LogP contribution in [0.3, 0.4) is 0 Å². The van der Waals surface area contributed by atoms with E-state index in [0.29, 0.717) is 33.7 Å². The first kappa shape index (κ1) is 11.6. The van der Waals surface area contributed by atoms with Gasteiger partial charge in [0.25, 0.3) is 5.89 Å². The highest BCUT2D eigenvalue weighted by Crippen LogP contribution is 2.26. The van der Waals surface area contributed by atoms with Gasteiger partial charge in [0.2, 0.25) is 5.82 Å². The van der Waals surface area contributed by atoms with E-state index >= 15 is 0 Å². The van der Waals surface area contributed by atoms with Crippen LogP contribution in [0, 0.1) is 0 Å². The minimum atomic E-state index is 0.336. The molecule has 6 nitrogen and oxygen atoms in total. The second kappa shape index (κ2) is 4.66. The molecular formula is C12H8ClN5O. The number of aromatic nitrogens is 4. The predicted octanol–water partition coefficient (Wildman–Crippen LogP) is 2.43. The van der Waals surface area contributed by atoms with Crippen LogP contribution in [-0.4, -0.2) is 20.1 Å². The van der Waals surface area contributed by atoms with Crippen molar-refractivity contribution in [1.29, 1.82) is 0 Å². The second-order valence-electron chi connectivity index (χ2n) is 3.79. The van der Waals surface area contributed by atoms with Crippen LogP contribution < -0.4 is 5.73 Å². The molecule has 0 saturated heterocycles. The largest absolute Gasteiger partial charge is 0.399 e. The summed E-state index contributed by atoms with van der Waals surface area (Å²) in [5.41, 5.74) is 7.50. The van der Waals surface area contributed by atoms with Crippen LogP contribution in [0.25, 0.3) is 23.0 Å². The summed E-state index contributed by atoms with van der Waals surface area (Å²) in [5.74, 6) is 0.721. The molecule has 2 aromatic heterocycles. The summed E-state index contributed by atoms with van der Waals surface area (Å²) >= 11 is 5.93. The lowest BCUT2D eigenvalue weighted by molar-refractivity contribution is 0.432. The minimum Gasteiger partial charge on any atom is -0.399 e. The van der Waals surface area contributed by atoms with E-state index in [4.69, 9.17) is 21.9 Å². The molecule has 0 unspecified atom stereocenters. The van der Waals surface area contributed by atoms with E-state index in [2.05, 4.69) is 20.1 Å². The van der Waals surface area contributed by atoms with Crippen LogP contribution >= 0.6 is 11.6 Å². The molecular weight excluding hydrogens is 266 g/mol. The molecule has 3 aromatic rings. The van der Waals surface area contributed by atoms with E-state index in [0.717, 1.165) is 0 Å². The molecule has 19 heavy (non-hydrogen) atoms. The smallest absolute Gasteiger partial charge is 0.258 e. The molecule has 0 aliphatic rings. The summed E-state index contributed by atoms with van der Waals surface area (Å²) in [7, 11) is 0. The van der Waals surface area contributed by atoms with Crippen molar-refractivity contribution < 1.29 is 4.52 Å². The summed E-state index contributed by atoms with van der Waals surface area (Å²) in [4.78, 5) is 12.1. The Labute approximate surface area is 113 Å². The average Bonchev–Trinajstić information content (AvgIpc) is 2.88. The van der Waals surface area contributed by atoms with Gasteiger partial charge in [-0.25, -0.2) is 9.97 Å². The van der Waals surface area contributed by atoms with Crippen LogP contribution in [0.5, 0.6) is 0 Å². The van der Waals surface area contributed by atoms with Gasteiger partial charge in [0.1, 0.15) is 12.0 Å². The van der Waals surface area contributed by atoms with Crippen LogP contribution in [0.1, 0.15) is 0 Å². The lowest BCUT2D eigenvalue weighted by atomic mass is 10.2. The Morgan fingerprint density at radius 2 is 2.11 bits per heavy atom. The molecule has 2 heterocycles. The van der Waals surface area contributed by atoms with Crippen LogP contribution in [0.2, 0.25) is 5.02 Å². The first-order valence-electron chi connectivity index (χ1n) is 5.39. The summed E-state index contributed by atoms with van der Waals surface area (Å²) in [5, 5.41) is 4.37. The van der Waals surface area contributed by atoms with Crippen molar-refractivity contribution in [2.75, 3.05) is 5.73 Å². The van der Waals surface area contributed by atoms with Gasteiger partial charge in [-0.2, -0.15) is 4.98 Å². The summed E-state index contributed by atoms with van der Waals surface area (Å²) in [6.45, 7) is 0. The molecule has 0 spiro atoms. The van der Waals surface area contributed by atoms with Crippen LogP contribution in [-0.2, 0) is 0 Å². The normalized spacial score (nSPS) is 10.6. The van der Waals surface area contributed by atoms with Crippen molar-refractivity contribution in [3.05, 3.63) is 41.8 Å². The molecule has 2 N–H and O–H groups in total. The number of nitrogens with two attached hydrogens (primary N) is 1. The monoisotopic (exact) mass is 273 g/mol. The van der Waals surface area contributed by atoms with Crippen LogP contribution in [0.15, 0.2) is 41.3 Å². The van der Waals surface area contributed by atoms with E-state index in [1.165, 1.54) is 6.33 Å². The number of halogens is 1. The van der Waals surface area contributed by atoms with Gasteiger partial charge in [-0.15, -0.1) is 0 Å². The topological polar surface area (TPSA) is 90.7 Å². The van der Waals surface area contributed by atoms with Gasteiger partial charge >= 0.3 is 0 Å². The summed E-state index contributed by atoms with van der Waals surface area (Å²) in [6, 6.07) is 6.76. The summed E-state index contributed by atoms with van der Waals surface area (Å²) < 4.78 is 5.18. The maximum absolute atomic E-state index is 5.93. The molecule has 94 valence electrons. The number of hydrogen-bond donors (Lipinski definition) is 1. The number of benzene rings is 1. The molecule has 1 aromatic carbocycles. The van der Waals surface area contributed by atoms with Gasteiger partial charge in [-0.05, 0) is 24.3 Å². The third kappa shape index (κ3) is 2.38. The Morgan fingerprint density at radius 1 is 1.21 bits per heavy atom. The summed E-state index contributed by atoms with van der Waals surface area (Å²) in [6.07, 6.45) is 3.03. The Balaban J connectivity index is 2.02. The molecule has 0 atom stereocenters. The van der Waals surface area contributed by atoms with Crippen molar-refractivity contribution in [1.82, 2.24) is 20.1 Å². The van der Waals surface area contributed by atoms with Crippen molar-refractivity contribution in [2.45, 2.75) is 0 Å². The van der Waals surface area contributed by atoms with Gasteiger partial charge in [-0.3, -0.25) is 0 Å². The quantitative estimate of drug-likeness (QED) is 0.721. The molecule has 0 fully saturated rings. The van der Waals surface area contributed by atoms with E-state index in [1.54, 1.807) is 30.5 Å². The number of nitrogen functional groups attached to an aromatic ring is 1. The zero-order valence-corrected chi connectivity index (χ0v) is 10.4. The van der Waals surface area contributed by atoms with E-state index in [-0.39, 0.29) is 0 Å². The van der Waals surface area contributed by atoms with Gasteiger partial charge in [-0.1, -0.05) is 16.8 Å². The fraction of sp³-hybridized carbons (Fsp3) is 0. The maximum Gasteiger partial charge on any atom is 0.258 e. The molecule has 0 aliphatic heterocycles. The number of nitrogens with zero attached hydrogens (tertiary/aromatic N) is 4. The SMILES string of the molecule is Nc1cc(Cl)cc(-c2nc(-c3ccncn3)no2)c1.